The molecule has 9 heavy (non-hydrogen) atoms. The average Bonchev–Trinajstić information content (AvgIpc) is 1.94. The van der Waals surface area contributed by atoms with Gasteiger partial charge in [-0.1, -0.05) is 27.2 Å². The largest absolute Gasteiger partial charge is 0.320 e. The summed E-state index contributed by atoms with van der Waals surface area (Å²) in [6.07, 6.45) is 1.25. The van der Waals surface area contributed by atoms with Crippen molar-refractivity contribution in [2.24, 2.45) is 0 Å². The van der Waals surface area contributed by atoms with Gasteiger partial charge in [-0.15, -0.1) is 0 Å². The predicted molar refractivity (Wildman–Crippen MR) is 42.7 cm³/mol. The maximum atomic E-state index is 8.00. The summed E-state index contributed by atoms with van der Waals surface area (Å²) in [5.41, 5.74) is 0. The number of rotatable bonds is 1. The molecule has 1 N–H and O–H groups in total. The van der Waals surface area contributed by atoms with Gasteiger partial charge in [-0.2, -0.15) is 0 Å². The van der Waals surface area contributed by atoms with Crippen LogP contribution in [-0.2, 0) is 4.79 Å². The zero-order valence-electron chi connectivity index (χ0n) is 7.03. The van der Waals surface area contributed by atoms with Gasteiger partial charge in [0.2, 0.25) is 0 Å². The molecule has 0 aliphatic heterocycles. The molecule has 0 aliphatic carbocycles. The topological polar surface area (TPSA) is 29.1 Å². The highest BCUT2D eigenvalue weighted by molar-refractivity contribution is 5.10. The van der Waals surface area contributed by atoms with E-state index in [1.54, 1.807) is 0 Å². The molecule has 0 rings (SSSR count). The normalized spacial score (nSPS) is 5.78. The number of carbonyl (C=O) groups is 1. The van der Waals surface area contributed by atoms with Gasteiger partial charge in [0.1, 0.15) is 6.79 Å². The van der Waals surface area contributed by atoms with Crippen molar-refractivity contribution in [1.29, 1.82) is 0 Å². The number of carbonyl (C=O) groups excluding carboxylic acids is 1. The van der Waals surface area contributed by atoms with Crippen molar-refractivity contribution < 1.29 is 4.79 Å². The Morgan fingerprint density at radius 2 is 1.33 bits per heavy atom. The Hall–Kier alpha value is -0.370. The second kappa shape index (κ2) is 48.5. The Balaban J connectivity index is -0.0000000646. The van der Waals surface area contributed by atoms with E-state index >= 15 is 0 Å². The summed E-state index contributed by atoms with van der Waals surface area (Å²) in [6, 6.07) is 0. The minimum Gasteiger partial charge on any atom is -0.320 e. The molecule has 0 aromatic rings. The summed E-state index contributed by atoms with van der Waals surface area (Å²) < 4.78 is 0. The number of hydrogen-bond acceptors (Lipinski definition) is 2. The van der Waals surface area contributed by atoms with E-state index in [0.717, 1.165) is 6.54 Å². The van der Waals surface area contributed by atoms with Crippen LogP contribution in [0, 0.1) is 0 Å². The van der Waals surface area contributed by atoms with E-state index in [2.05, 4.69) is 26.1 Å². The summed E-state index contributed by atoms with van der Waals surface area (Å²) in [7, 11) is 1.93. The third-order valence-electron chi connectivity index (χ3n) is 0.354. The van der Waals surface area contributed by atoms with Crippen LogP contribution in [0.3, 0.4) is 0 Å². The first-order valence-electron chi connectivity index (χ1n) is 3.26. The van der Waals surface area contributed by atoms with E-state index in [1.807, 2.05) is 13.8 Å². The van der Waals surface area contributed by atoms with Crippen LogP contribution in [0.4, 0.5) is 0 Å². The van der Waals surface area contributed by atoms with Gasteiger partial charge in [0.25, 0.3) is 0 Å². The molecular weight excluding hydrogens is 114 g/mol. The second-order valence-corrected chi connectivity index (χ2v) is 1.41. The van der Waals surface area contributed by atoms with Gasteiger partial charge in [0, 0.05) is 0 Å². The van der Waals surface area contributed by atoms with E-state index in [-0.39, 0.29) is 0 Å². The maximum Gasteiger partial charge on any atom is 0.106 e. The molecule has 0 saturated carbocycles. The van der Waals surface area contributed by atoms with Gasteiger partial charge >= 0.3 is 0 Å². The lowest BCUT2D eigenvalue weighted by Gasteiger charge is -1.76. The minimum absolute atomic E-state index is 1.07. The zero-order valence-corrected chi connectivity index (χ0v) is 7.03. The van der Waals surface area contributed by atoms with Crippen LogP contribution in [0.5, 0.6) is 0 Å². The number of nitrogens with one attached hydrogen (secondary N) is 1. The average molecular weight is 133 g/mol. The molecule has 0 aromatic heterocycles. The van der Waals surface area contributed by atoms with Gasteiger partial charge in [-0.3, -0.25) is 0 Å². The fourth-order valence-corrected chi connectivity index (χ4v) is 0. The van der Waals surface area contributed by atoms with E-state index in [1.165, 1.54) is 6.42 Å². The summed E-state index contributed by atoms with van der Waals surface area (Å²) in [6.45, 7) is 9.39. The lowest BCUT2D eigenvalue weighted by molar-refractivity contribution is -0.0979. The zero-order chi connectivity index (χ0) is 8.12. The quantitative estimate of drug-likeness (QED) is 0.586. The Bertz CT molecular complexity index is 22.9. The van der Waals surface area contributed by atoms with Crippen molar-refractivity contribution in [2.45, 2.75) is 27.2 Å². The van der Waals surface area contributed by atoms with E-state index in [0.29, 0.717) is 0 Å². The Morgan fingerprint density at radius 1 is 1.22 bits per heavy atom. The van der Waals surface area contributed by atoms with Crippen molar-refractivity contribution in [2.75, 3.05) is 13.6 Å². The molecule has 0 amide bonds. The molecular formula is C7H19NO. The van der Waals surface area contributed by atoms with Crippen LogP contribution in [0.2, 0.25) is 0 Å². The fraction of sp³-hybridized carbons (Fsp3) is 0.857. The van der Waals surface area contributed by atoms with Crippen LogP contribution in [-0.4, -0.2) is 20.4 Å². The minimum atomic E-state index is 1.07. The van der Waals surface area contributed by atoms with Crippen LogP contribution < -0.4 is 5.32 Å². The first-order chi connectivity index (χ1) is 4.33. The van der Waals surface area contributed by atoms with Crippen molar-refractivity contribution in [1.82, 2.24) is 5.32 Å². The lowest BCUT2D eigenvalue weighted by atomic mass is 10.6. The highest BCUT2D eigenvalue weighted by atomic mass is 16.1. The molecule has 0 aromatic carbocycles. The second-order valence-electron chi connectivity index (χ2n) is 1.41. The smallest absolute Gasteiger partial charge is 0.106 e. The van der Waals surface area contributed by atoms with Crippen LogP contribution >= 0.6 is 0 Å². The Morgan fingerprint density at radius 3 is 1.33 bits per heavy atom. The molecule has 0 bridgehead atoms. The maximum absolute atomic E-state index is 8.00. The van der Waals surface area contributed by atoms with Crippen molar-refractivity contribution in [3.8, 4) is 0 Å². The predicted octanol–water partition coefficient (Wildman–Crippen LogP) is 1.46. The molecule has 2 heteroatoms. The van der Waals surface area contributed by atoms with Crippen LogP contribution in [0.25, 0.3) is 0 Å². The highest BCUT2D eigenvalue weighted by Crippen LogP contribution is 1.56. The summed E-state index contributed by atoms with van der Waals surface area (Å²) in [5.74, 6) is 0. The van der Waals surface area contributed by atoms with Gasteiger partial charge in [0.05, 0.1) is 0 Å². The number of hydrogen-bond donors (Lipinski definition) is 1. The fourth-order valence-electron chi connectivity index (χ4n) is 0. The van der Waals surface area contributed by atoms with E-state index < -0.39 is 0 Å². The van der Waals surface area contributed by atoms with Gasteiger partial charge in [-0.25, -0.2) is 0 Å². The first kappa shape index (κ1) is 15.9. The molecule has 0 radical (unpaired) electrons. The lowest BCUT2D eigenvalue weighted by Crippen LogP contribution is -2.01. The molecule has 2 nitrogen and oxygen atoms in total. The molecule has 0 atom stereocenters. The molecule has 0 fully saturated rings. The highest BCUT2D eigenvalue weighted by Gasteiger charge is 1.50. The van der Waals surface area contributed by atoms with Gasteiger partial charge < -0.3 is 10.1 Å². The molecule has 0 saturated heterocycles. The summed E-state index contributed by atoms with van der Waals surface area (Å²) >= 11 is 0. The van der Waals surface area contributed by atoms with E-state index in [4.69, 9.17) is 4.79 Å². The monoisotopic (exact) mass is 133 g/mol. The van der Waals surface area contributed by atoms with E-state index in [9.17, 15) is 0 Å². The molecule has 0 aliphatic rings. The molecule has 0 spiro atoms. The van der Waals surface area contributed by atoms with Crippen molar-refractivity contribution in [3.05, 3.63) is 0 Å². The standard InChI is InChI=1S/C3H9N.C3H8.CH2O/c1-3-4-2;1-3-2;1-2/h4H,3H2,1-2H3;3H2,1-2H3;1H2. The van der Waals surface area contributed by atoms with Gasteiger partial charge in [0.15, 0.2) is 0 Å². The Labute approximate surface area is 58.7 Å². The van der Waals surface area contributed by atoms with Gasteiger partial charge in [-0.05, 0) is 13.6 Å². The third-order valence-corrected chi connectivity index (χ3v) is 0.354. The Kier molecular flexibility index (Phi) is 85.4. The molecule has 0 unspecified atom stereocenters. The first-order valence-corrected chi connectivity index (χ1v) is 3.26. The van der Waals surface area contributed by atoms with Crippen LogP contribution in [0.15, 0.2) is 0 Å². The summed E-state index contributed by atoms with van der Waals surface area (Å²) in [5, 5.41) is 2.93. The van der Waals surface area contributed by atoms with Crippen molar-refractivity contribution >= 4 is 6.79 Å². The van der Waals surface area contributed by atoms with Crippen molar-refractivity contribution in [3.63, 3.8) is 0 Å². The molecule has 0 heterocycles. The SMILES string of the molecule is C=O.CCC.CCNC. The third kappa shape index (κ3) is 609. The van der Waals surface area contributed by atoms with Crippen LogP contribution in [0.1, 0.15) is 27.2 Å². The summed E-state index contributed by atoms with van der Waals surface area (Å²) in [4.78, 5) is 8.00. The molecule has 58 valence electrons.